The van der Waals surface area contributed by atoms with Crippen molar-refractivity contribution in [3.05, 3.63) is 120 Å². The van der Waals surface area contributed by atoms with Gasteiger partial charge in [-0.25, -0.2) is 4.98 Å². The number of hydrogen-bond donors (Lipinski definition) is 15. The molecule has 3 aromatic heterocycles. The number of likely N-dealkylation sites (N-methyl/N-ethyl adjacent to an activating group) is 3. The van der Waals surface area contributed by atoms with Crippen molar-refractivity contribution < 1.29 is 102 Å². The summed E-state index contributed by atoms with van der Waals surface area (Å²) in [7, 11) is 2.70. The smallest absolute Gasteiger partial charge is 0.303 e. The maximum atomic E-state index is 16.1. The lowest BCUT2D eigenvalue weighted by Gasteiger charge is -2.38. The SMILES string of the molecule is CCCC[C@H]1C(=O)N[C@@H](CC(C)C)C(=O)C[C@H](C(=O)CCC(C)=O)CSCC(=O)N[C@@H](Cc2ccc(O)cc2)C(=O)N(C)[C@@H](C)C(=O)C[C@@H](CC(N)=O)C(=O)N2CCC[C@H]2C(=O)N[C@@H](Cc2cnc[nH]2)C(=O)N[C@@H](CCC(=O)O)C(=O)N2C[C@H](O)C[C@H]2C(=O)N[C@@H](Cc2c[nH]c3ccccc23)C(=O)N[C@@H](CCN)C(=O)N[C@@H](Cc2c[nH]c3ccccc23)C(=O)N(CC)[C@@H](CCCC)C(=O)N1C. The van der Waals surface area contributed by atoms with Gasteiger partial charge in [0.1, 0.15) is 77.7 Å². The number of carbonyl (C=O) groups is 18. The third-order valence-electron chi connectivity index (χ3n) is 25.4. The average molecular weight is 1910 g/mol. The first-order valence-corrected chi connectivity index (χ1v) is 47.9. The van der Waals surface area contributed by atoms with Gasteiger partial charge in [-0.05, 0) is 119 Å². The van der Waals surface area contributed by atoms with Crippen molar-refractivity contribution in [3.8, 4) is 5.75 Å². The maximum absolute atomic E-state index is 16.1. The molecule has 3 fully saturated rings. The number of nitrogens with two attached hydrogens (primary N) is 2. The number of benzene rings is 3. The summed E-state index contributed by atoms with van der Waals surface area (Å²) in [4.78, 5) is 284. The summed E-state index contributed by atoms with van der Waals surface area (Å²) in [5.74, 6) is -18.9. The zero-order chi connectivity index (χ0) is 99.3. The molecule has 0 saturated carbocycles. The Hall–Kier alpha value is -12.7. The van der Waals surface area contributed by atoms with Crippen LogP contribution in [0.25, 0.3) is 21.8 Å². The van der Waals surface area contributed by atoms with Crippen LogP contribution in [0.15, 0.2) is 97.7 Å². The van der Waals surface area contributed by atoms with Crippen molar-refractivity contribution in [1.29, 1.82) is 0 Å². The van der Waals surface area contributed by atoms with Crippen molar-refractivity contribution in [2.45, 2.75) is 268 Å². The van der Waals surface area contributed by atoms with Gasteiger partial charge in [0.25, 0.3) is 0 Å². The molecule has 0 spiro atoms. The van der Waals surface area contributed by atoms with Crippen LogP contribution in [-0.4, -0.2) is 296 Å². The standard InChI is InChI=1S/C96H132N18O21S/c1-10-13-24-76-89(128)106-71(38-54(4)5)82(120)43-61(80(118)33-27-55(6)115)51-136-52-84(122)103-74(39-57-28-30-63(116)31-29-57)93(132)110(8)56(7)81(119)42-58(44-83(98)121)92(131)113-37-19-26-77(113)90(129)108-73(45-62-49-99-53-102-62)88(127)105-70(32-34-85(123)124)94(133)114-50-64(117)46-79(114)91(130)107-72(40-59-47-100-67-22-17-15-20-65(59)67)87(126)104-69(35-36-97)86(125)109-75(41-60-48-101-68-23-18-16-21-66(60)68)95(134)112(12-3)78(25-14-11-2)96(135)111(76)9/h15-18,20-23,28-31,47-49,53-54,56,58,61,64,69-79,100-101,116-117H,10-14,19,24-27,32-46,50-52,97H2,1-9H3,(H2,98,121)(H,99,102)(H,103,122)(H,104,126)(H,105,127)(H,106,128)(H,107,130)(H,108,129)(H,109,125)(H,123,124)/t56-,58-,61-,64+,69-,70-,71-,72-,73-,74-,75-,76-,77-,78-,79-/m0/s1. The fourth-order valence-electron chi connectivity index (χ4n) is 17.8. The molecule has 0 bridgehead atoms. The van der Waals surface area contributed by atoms with Crippen LogP contribution in [0.5, 0.6) is 5.75 Å². The van der Waals surface area contributed by atoms with Crippen molar-refractivity contribution >= 4 is 139 Å². The van der Waals surface area contributed by atoms with E-state index in [9.17, 15) is 58.5 Å². The van der Waals surface area contributed by atoms with Crippen LogP contribution < -0.4 is 48.7 Å². The van der Waals surface area contributed by atoms with E-state index in [4.69, 9.17) is 11.5 Å². The molecule has 6 heterocycles. The van der Waals surface area contributed by atoms with Crippen molar-refractivity contribution in [1.82, 2.24) is 81.7 Å². The van der Waals surface area contributed by atoms with Crippen LogP contribution in [0.2, 0.25) is 0 Å². The number of amides is 13. The molecule has 136 heavy (non-hydrogen) atoms. The number of aromatic amines is 3. The number of aliphatic hydroxyl groups excluding tert-OH is 1. The summed E-state index contributed by atoms with van der Waals surface area (Å²) >= 11 is 0.933. The Labute approximate surface area is 793 Å². The molecule has 738 valence electrons. The number of aliphatic carboxylic acids is 1. The zero-order valence-electron chi connectivity index (χ0n) is 78.7. The molecule has 3 aliphatic rings. The molecule has 15 atom stereocenters. The number of imidazole rings is 1. The number of carboxylic acid groups (broad SMARTS) is 1. The maximum Gasteiger partial charge on any atom is 0.303 e. The van der Waals surface area contributed by atoms with Gasteiger partial charge in [-0.1, -0.05) is 102 Å². The number of phenolic OH excluding ortho intramolecular Hbond substituents is 1. The summed E-state index contributed by atoms with van der Waals surface area (Å²) in [6.45, 7) is 10.7. The minimum absolute atomic E-state index is 0.0305. The highest BCUT2D eigenvalue weighted by Gasteiger charge is 2.47. The predicted octanol–water partition coefficient (Wildman–Crippen LogP) is 2.94. The summed E-state index contributed by atoms with van der Waals surface area (Å²) in [6.07, 6.45) is 1.03. The Morgan fingerprint density at radius 3 is 1.74 bits per heavy atom. The number of nitrogens with one attached hydrogen (secondary N) is 10. The van der Waals surface area contributed by atoms with E-state index in [0.29, 0.717) is 64.2 Å². The number of aliphatic hydroxyl groups is 1. The highest BCUT2D eigenvalue weighted by Crippen LogP contribution is 2.30. The number of thioether (sulfide) groups is 1. The van der Waals surface area contributed by atoms with Gasteiger partial charge in [-0.3, -0.25) is 81.5 Å². The number of carbonyl (C=O) groups excluding carboxylic acids is 17. The Balaban J connectivity index is 1.11. The summed E-state index contributed by atoms with van der Waals surface area (Å²) in [5.41, 5.74) is 15.1. The largest absolute Gasteiger partial charge is 0.508 e. The Morgan fingerprint density at radius 1 is 0.574 bits per heavy atom. The molecule has 40 heteroatoms. The molecule has 0 radical (unpaired) electrons. The molecular formula is C96H132N18O21S. The second kappa shape index (κ2) is 51.3. The lowest BCUT2D eigenvalue weighted by atomic mass is 9.90. The van der Waals surface area contributed by atoms with Crippen LogP contribution in [0, 0.1) is 17.8 Å². The van der Waals surface area contributed by atoms with Crippen LogP contribution in [-0.2, 0) is 112 Å². The molecule has 3 saturated heterocycles. The number of aromatic nitrogens is 4. The van der Waals surface area contributed by atoms with Gasteiger partial charge in [-0.15, -0.1) is 0 Å². The number of Topliss-reactive ketones (excluding diaryl/α,β-unsaturated/α-hetero) is 4. The van der Waals surface area contributed by atoms with Crippen molar-refractivity contribution in [3.63, 3.8) is 0 Å². The number of phenols is 1. The Kier molecular flexibility index (Phi) is 40.3. The molecule has 6 aromatic rings. The van der Waals surface area contributed by atoms with E-state index in [1.165, 1.54) is 74.5 Å². The minimum Gasteiger partial charge on any atom is -0.508 e. The second-order valence-electron chi connectivity index (χ2n) is 36.1. The third-order valence-corrected chi connectivity index (χ3v) is 26.5. The normalized spacial score (nSPS) is 24.9. The molecule has 0 aliphatic carbocycles. The Morgan fingerprint density at radius 2 is 1.15 bits per heavy atom. The lowest BCUT2D eigenvalue weighted by molar-refractivity contribution is -0.150. The summed E-state index contributed by atoms with van der Waals surface area (Å²) in [5, 5.41) is 52.5. The molecule has 17 N–H and O–H groups in total. The van der Waals surface area contributed by atoms with Gasteiger partial charge < -0.3 is 108 Å². The van der Waals surface area contributed by atoms with E-state index in [-0.39, 0.29) is 126 Å². The Bertz CT molecular complexity index is 5240. The zero-order valence-corrected chi connectivity index (χ0v) is 79.5. The van der Waals surface area contributed by atoms with E-state index in [1.54, 1.807) is 55.7 Å². The first-order valence-electron chi connectivity index (χ1n) is 46.8. The molecule has 0 unspecified atom stereocenters. The van der Waals surface area contributed by atoms with Crippen LogP contribution >= 0.6 is 11.8 Å². The number of unbranched alkanes of at least 4 members (excludes halogenated alkanes) is 2. The minimum atomic E-state index is -1.82. The highest BCUT2D eigenvalue weighted by molar-refractivity contribution is 7.99. The molecule has 13 amide bonds. The lowest BCUT2D eigenvalue weighted by Crippen LogP contribution is -2.61. The monoisotopic (exact) mass is 1900 g/mol. The number of fused-ring (bicyclic) bond motifs is 4. The third kappa shape index (κ3) is 29.6. The van der Waals surface area contributed by atoms with Crippen LogP contribution in [0.1, 0.15) is 186 Å². The number of aromatic hydroxyl groups is 1. The summed E-state index contributed by atoms with van der Waals surface area (Å²) in [6, 6.07) is 2.01. The van der Waals surface area contributed by atoms with Crippen molar-refractivity contribution in [2.24, 2.45) is 29.2 Å². The van der Waals surface area contributed by atoms with Gasteiger partial charge >= 0.3 is 5.97 Å². The highest BCUT2D eigenvalue weighted by atomic mass is 32.2. The number of para-hydroxylation sites is 2. The fourth-order valence-corrected chi connectivity index (χ4v) is 18.8. The quantitative estimate of drug-likeness (QED) is 0.0336. The van der Waals surface area contributed by atoms with Gasteiger partial charge in [0.15, 0.2) is 11.6 Å². The number of ketones is 4. The number of H-pyrrole nitrogens is 3. The number of primary amides is 1. The van der Waals surface area contributed by atoms with E-state index in [1.807, 2.05) is 39.8 Å². The van der Waals surface area contributed by atoms with E-state index >= 15 is 43.2 Å². The van der Waals surface area contributed by atoms with Crippen LogP contribution in [0.4, 0.5) is 0 Å². The van der Waals surface area contributed by atoms with E-state index in [0.717, 1.165) is 26.5 Å². The molecule has 3 aliphatic heterocycles. The molecule has 9 rings (SSSR count). The number of carboxylic acids is 1. The second-order valence-corrected chi connectivity index (χ2v) is 37.1. The van der Waals surface area contributed by atoms with Crippen molar-refractivity contribution in [2.75, 3.05) is 51.8 Å². The topological polar surface area (TPSA) is 581 Å². The average Bonchev–Trinajstić information content (AvgIpc) is 1.58. The van der Waals surface area contributed by atoms with Gasteiger partial charge in [0, 0.05) is 162 Å². The number of nitrogens with zero attached hydrogens (tertiary/aromatic N) is 6. The first-order chi connectivity index (χ1) is 64.8. The van der Waals surface area contributed by atoms with Gasteiger partial charge in [-0.2, -0.15) is 11.8 Å². The predicted molar refractivity (Wildman–Crippen MR) is 504 cm³/mol. The molecule has 39 nitrogen and oxygen atoms in total. The molecular weight excluding hydrogens is 1770 g/mol. The molecule has 3 aromatic carbocycles. The van der Waals surface area contributed by atoms with Crippen LogP contribution in [0.3, 0.4) is 0 Å². The van der Waals surface area contributed by atoms with Gasteiger partial charge in [0.05, 0.1) is 36.2 Å². The fraction of sp³-hybridized carbons (Fsp3) is 0.552. The number of hydrogen-bond acceptors (Lipinski definition) is 23. The number of rotatable bonds is 28. The summed E-state index contributed by atoms with van der Waals surface area (Å²) < 4.78 is 0. The van der Waals surface area contributed by atoms with Gasteiger partial charge in [0.2, 0.25) is 76.8 Å². The van der Waals surface area contributed by atoms with E-state index < -0.39 is 241 Å². The first kappa shape index (κ1) is 107. The van der Waals surface area contributed by atoms with E-state index in [2.05, 4.69) is 57.2 Å².